The van der Waals surface area contributed by atoms with Crippen LogP contribution in [0.5, 0.6) is 0 Å². The zero-order valence-corrected chi connectivity index (χ0v) is 8.67. The van der Waals surface area contributed by atoms with E-state index < -0.39 is 0 Å². The van der Waals surface area contributed by atoms with E-state index in [1.807, 2.05) is 20.8 Å². The summed E-state index contributed by atoms with van der Waals surface area (Å²) in [6.45, 7) is 6.65. The average Bonchev–Trinajstić information content (AvgIpc) is 2.55. The van der Waals surface area contributed by atoms with E-state index in [1.54, 1.807) is 0 Å². The van der Waals surface area contributed by atoms with Gasteiger partial charge in [0.2, 0.25) is 5.91 Å². The number of nitrogens with one attached hydrogen (secondary N) is 1. The van der Waals surface area contributed by atoms with Gasteiger partial charge in [0.15, 0.2) is 0 Å². The maximum absolute atomic E-state index is 11.3. The van der Waals surface area contributed by atoms with Gasteiger partial charge in [-0.25, -0.2) is 0 Å². The quantitative estimate of drug-likeness (QED) is 0.720. The second-order valence-electron chi connectivity index (χ2n) is 4.00. The lowest BCUT2D eigenvalue weighted by atomic mass is 10.1. The van der Waals surface area contributed by atoms with Gasteiger partial charge in [-0.05, 0) is 19.8 Å². The molecule has 0 aromatic carbocycles. The first-order valence-corrected chi connectivity index (χ1v) is 5.03. The highest BCUT2D eigenvalue weighted by Gasteiger charge is 2.23. The fourth-order valence-corrected chi connectivity index (χ4v) is 1.48. The Hall–Kier alpha value is -0.570. The maximum Gasteiger partial charge on any atom is 0.222 e. The van der Waals surface area contributed by atoms with E-state index in [4.69, 9.17) is 4.74 Å². The molecule has 13 heavy (non-hydrogen) atoms. The van der Waals surface area contributed by atoms with Crippen molar-refractivity contribution in [3.05, 3.63) is 0 Å². The third kappa shape index (κ3) is 2.99. The molecule has 1 N–H and O–H groups in total. The number of rotatable bonds is 3. The lowest BCUT2D eigenvalue weighted by molar-refractivity contribution is -0.125. The van der Waals surface area contributed by atoms with Gasteiger partial charge < -0.3 is 10.1 Å². The van der Waals surface area contributed by atoms with Crippen molar-refractivity contribution in [2.75, 3.05) is 6.61 Å². The van der Waals surface area contributed by atoms with Crippen LogP contribution in [0.25, 0.3) is 0 Å². The predicted molar refractivity (Wildman–Crippen MR) is 51.4 cm³/mol. The van der Waals surface area contributed by atoms with Crippen molar-refractivity contribution in [3.63, 3.8) is 0 Å². The van der Waals surface area contributed by atoms with Gasteiger partial charge in [-0.1, -0.05) is 13.8 Å². The fraction of sp³-hybridized carbons (Fsp3) is 0.900. The minimum Gasteiger partial charge on any atom is -0.376 e. The molecule has 1 fully saturated rings. The predicted octanol–water partition coefficient (Wildman–Crippen LogP) is 1.33. The number of carbonyl (C=O) groups is 1. The molecule has 0 aliphatic carbocycles. The van der Waals surface area contributed by atoms with Crippen molar-refractivity contribution in [1.82, 2.24) is 5.32 Å². The Morgan fingerprint density at radius 3 is 2.62 bits per heavy atom. The van der Waals surface area contributed by atoms with Gasteiger partial charge in [0.1, 0.15) is 0 Å². The van der Waals surface area contributed by atoms with Gasteiger partial charge in [-0.3, -0.25) is 4.79 Å². The number of carbonyl (C=O) groups excluding carboxylic acids is 1. The third-order valence-electron chi connectivity index (χ3n) is 2.42. The van der Waals surface area contributed by atoms with E-state index >= 15 is 0 Å². The molecule has 0 radical (unpaired) electrons. The third-order valence-corrected chi connectivity index (χ3v) is 2.42. The smallest absolute Gasteiger partial charge is 0.222 e. The fourth-order valence-electron chi connectivity index (χ4n) is 1.48. The van der Waals surface area contributed by atoms with Crippen molar-refractivity contribution >= 4 is 5.91 Å². The molecule has 0 aromatic rings. The summed E-state index contributed by atoms with van der Waals surface area (Å²) in [7, 11) is 0. The van der Waals surface area contributed by atoms with Crippen LogP contribution in [-0.4, -0.2) is 24.7 Å². The van der Waals surface area contributed by atoms with E-state index in [2.05, 4.69) is 5.32 Å². The molecule has 1 aliphatic rings. The lowest BCUT2D eigenvalue weighted by Crippen LogP contribution is -2.42. The Kier molecular flexibility index (Phi) is 3.72. The van der Waals surface area contributed by atoms with Crippen LogP contribution in [0, 0.1) is 5.92 Å². The van der Waals surface area contributed by atoms with Crippen LogP contribution in [0.1, 0.15) is 33.6 Å². The molecule has 1 amide bonds. The minimum atomic E-state index is 0.0591. The van der Waals surface area contributed by atoms with Crippen molar-refractivity contribution in [2.45, 2.75) is 45.8 Å². The molecule has 0 bridgehead atoms. The molecular weight excluding hydrogens is 166 g/mol. The molecule has 0 unspecified atom stereocenters. The maximum atomic E-state index is 11.3. The van der Waals surface area contributed by atoms with E-state index in [1.165, 1.54) is 0 Å². The number of ether oxygens (including phenoxy) is 1. The summed E-state index contributed by atoms with van der Waals surface area (Å²) in [4.78, 5) is 11.3. The van der Waals surface area contributed by atoms with Crippen LogP contribution in [0.15, 0.2) is 0 Å². The Morgan fingerprint density at radius 2 is 2.15 bits per heavy atom. The first kappa shape index (κ1) is 10.5. The van der Waals surface area contributed by atoms with Crippen molar-refractivity contribution in [3.8, 4) is 0 Å². The van der Waals surface area contributed by atoms with Gasteiger partial charge >= 0.3 is 0 Å². The topological polar surface area (TPSA) is 38.3 Å². The molecule has 1 aliphatic heterocycles. The second kappa shape index (κ2) is 4.61. The molecule has 1 rings (SSSR count). The van der Waals surface area contributed by atoms with Crippen LogP contribution in [-0.2, 0) is 9.53 Å². The first-order chi connectivity index (χ1) is 6.11. The van der Waals surface area contributed by atoms with Crippen LogP contribution < -0.4 is 5.32 Å². The van der Waals surface area contributed by atoms with Crippen LogP contribution >= 0.6 is 0 Å². The minimum absolute atomic E-state index is 0.0591. The Balaban J connectivity index is 2.31. The van der Waals surface area contributed by atoms with E-state index in [9.17, 15) is 4.79 Å². The van der Waals surface area contributed by atoms with E-state index in [-0.39, 0.29) is 24.0 Å². The number of hydrogen-bond acceptors (Lipinski definition) is 2. The summed E-state index contributed by atoms with van der Waals surface area (Å²) >= 11 is 0. The number of hydrogen-bond donors (Lipinski definition) is 1. The van der Waals surface area contributed by atoms with Crippen LogP contribution in [0.3, 0.4) is 0 Å². The summed E-state index contributed by atoms with van der Waals surface area (Å²) in [6, 6.07) is 0.150. The molecule has 76 valence electrons. The molecular formula is C10H19NO2. The van der Waals surface area contributed by atoms with Crippen molar-refractivity contribution in [1.29, 1.82) is 0 Å². The SMILES string of the molecule is CC(C)C(=O)N[C@@H](C)[C@@H]1CCCO1. The van der Waals surface area contributed by atoms with E-state index in [0.717, 1.165) is 19.4 Å². The monoisotopic (exact) mass is 185 g/mol. The van der Waals surface area contributed by atoms with Gasteiger partial charge in [0.05, 0.1) is 12.1 Å². The Morgan fingerprint density at radius 1 is 1.46 bits per heavy atom. The summed E-state index contributed by atoms with van der Waals surface area (Å²) in [6.07, 6.45) is 2.41. The summed E-state index contributed by atoms with van der Waals surface area (Å²) in [5.41, 5.74) is 0. The van der Waals surface area contributed by atoms with Crippen molar-refractivity contribution in [2.24, 2.45) is 5.92 Å². The van der Waals surface area contributed by atoms with Gasteiger partial charge in [-0.2, -0.15) is 0 Å². The molecule has 0 saturated carbocycles. The molecule has 1 heterocycles. The Bertz CT molecular complexity index is 174. The zero-order valence-electron chi connectivity index (χ0n) is 8.67. The summed E-state index contributed by atoms with van der Waals surface area (Å²) in [5.74, 6) is 0.173. The van der Waals surface area contributed by atoms with Gasteiger partial charge in [0, 0.05) is 12.5 Å². The Labute approximate surface area is 79.8 Å². The largest absolute Gasteiger partial charge is 0.376 e. The molecule has 0 spiro atoms. The van der Waals surface area contributed by atoms with Crippen molar-refractivity contribution < 1.29 is 9.53 Å². The zero-order chi connectivity index (χ0) is 9.84. The molecule has 2 atom stereocenters. The summed E-state index contributed by atoms with van der Waals surface area (Å²) < 4.78 is 5.48. The average molecular weight is 185 g/mol. The molecule has 0 aromatic heterocycles. The van der Waals surface area contributed by atoms with Gasteiger partial charge in [-0.15, -0.1) is 0 Å². The van der Waals surface area contributed by atoms with Crippen LogP contribution in [0.4, 0.5) is 0 Å². The standard InChI is InChI=1S/C10H19NO2/c1-7(2)10(12)11-8(3)9-5-4-6-13-9/h7-9H,4-6H2,1-3H3,(H,11,12)/t8-,9-/m0/s1. The highest BCUT2D eigenvalue weighted by Crippen LogP contribution is 2.15. The summed E-state index contributed by atoms with van der Waals surface area (Å²) in [5, 5.41) is 2.96. The highest BCUT2D eigenvalue weighted by atomic mass is 16.5. The lowest BCUT2D eigenvalue weighted by Gasteiger charge is -2.20. The molecule has 1 saturated heterocycles. The highest BCUT2D eigenvalue weighted by molar-refractivity contribution is 5.78. The first-order valence-electron chi connectivity index (χ1n) is 5.03. The normalized spacial score (nSPS) is 24.8. The molecule has 3 nitrogen and oxygen atoms in total. The van der Waals surface area contributed by atoms with Crippen LogP contribution in [0.2, 0.25) is 0 Å². The second-order valence-corrected chi connectivity index (χ2v) is 4.00. The van der Waals surface area contributed by atoms with E-state index in [0.29, 0.717) is 0 Å². The molecule has 3 heteroatoms. The number of amides is 1. The van der Waals surface area contributed by atoms with Gasteiger partial charge in [0.25, 0.3) is 0 Å².